The monoisotopic (exact) mass is 329 g/mol. The molecule has 1 fully saturated rings. The van der Waals surface area contributed by atoms with E-state index in [1.165, 1.54) is 17.8 Å². The van der Waals surface area contributed by atoms with Crippen molar-refractivity contribution in [3.8, 4) is 5.88 Å². The molecule has 10 heteroatoms. The first kappa shape index (κ1) is 14.9. The van der Waals surface area contributed by atoms with Gasteiger partial charge in [-0.25, -0.2) is 4.98 Å². The van der Waals surface area contributed by atoms with Crippen molar-refractivity contribution in [1.82, 2.24) is 25.4 Å². The molecule has 0 bridgehead atoms. The summed E-state index contributed by atoms with van der Waals surface area (Å²) < 4.78 is 43.1. The van der Waals surface area contributed by atoms with Gasteiger partial charge in [-0.2, -0.15) is 13.2 Å². The first-order valence-corrected chi connectivity index (χ1v) is 7.50. The van der Waals surface area contributed by atoms with Crippen LogP contribution in [0, 0.1) is 0 Å². The van der Waals surface area contributed by atoms with Crippen LogP contribution in [0.2, 0.25) is 0 Å². The van der Waals surface area contributed by atoms with E-state index in [9.17, 15) is 13.2 Å². The van der Waals surface area contributed by atoms with Crippen LogP contribution in [0.15, 0.2) is 23.5 Å². The maximum Gasteiger partial charge on any atom is 0.417 e. The first-order chi connectivity index (χ1) is 10.4. The summed E-state index contributed by atoms with van der Waals surface area (Å²) in [6.45, 7) is 0. The summed E-state index contributed by atoms with van der Waals surface area (Å²) >= 11 is 1.31. The van der Waals surface area contributed by atoms with E-state index in [4.69, 9.17) is 4.74 Å². The zero-order valence-electron chi connectivity index (χ0n) is 11.3. The zero-order valence-corrected chi connectivity index (χ0v) is 12.1. The Balaban J connectivity index is 1.77. The minimum atomic E-state index is -4.42. The Kier molecular flexibility index (Phi) is 3.63. The number of hydrogen-bond acceptors (Lipinski definition) is 7. The lowest BCUT2D eigenvalue weighted by Crippen LogP contribution is -2.21. The Bertz CT molecular complexity index is 658. The number of halogens is 3. The lowest BCUT2D eigenvalue weighted by atomic mass is 10.3. The van der Waals surface area contributed by atoms with E-state index >= 15 is 0 Å². The molecule has 1 aliphatic rings. The SMILES string of the molecule is CSc1nnc(C2(Oc3ccc(C(F)(F)F)cn3)CC2)nn1. The fourth-order valence-electron chi connectivity index (χ4n) is 1.78. The van der Waals surface area contributed by atoms with Crippen LogP contribution in [0.3, 0.4) is 0 Å². The number of ether oxygens (including phenoxy) is 1. The second-order valence-electron chi connectivity index (χ2n) is 4.69. The molecule has 0 radical (unpaired) electrons. The van der Waals surface area contributed by atoms with Gasteiger partial charge in [-0.05, 0) is 25.2 Å². The molecule has 2 heterocycles. The molecule has 2 aromatic rings. The highest BCUT2D eigenvalue weighted by Crippen LogP contribution is 2.47. The molecule has 22 heavy (non-hydrogen) atoms. The van der Waals surface area contributed by atoms with Gasteiger partial charge in [0.25, 0.3) is 0 Å². The van der Waals surface area contributed by atoms with Gasteiger partial charge >= 0.3 is 6.18 Å². The molecule has 6 nitrogen and oxygen atoms in total. The van der Waals surface area contributed by atoms with E-state index in [0.29, 0.717) is 23.8 Å². The average molecular weight is 329 g/mol. The number of pyridine rings is 1. The molecule has 3 rings (SSSR count). The topological polar surface area (TPSA) is 73.7 Å². The Morgan fingerprint density at radius 3 is 2.27 bits per heavy atom. The van der Waals surface area contributed by atoms with Crippen molar-refractivity contribution in [2.45, 2.75) is 29.8 Å². The van der Waals surface area contributed by atoms with E-state index in [2.05, 4.69) is 25.4 Å². The van der Waals surface area contributed by atoms with Gasteiger partial charge in [-0.3, -0.25) is 0 Å². The van der Waals surface area contributed by atoms with Crippen molar-refractivity contribution < 1.29 is 17.9 Å². The standard InChI is InChI=1S/C12H10F3N5OS/c1-22-10-19-17-9(18-20-10)11(4-5-11)21-8-3-2-7(6-16-8)12(13,14)15/h2-3,6H,4-5H2,1H3. The summed E-state index contributed by atoms with van der Waals surface area (Å²) in [6.07, 6.45) is -0.615. The van der Waals surface area contributed by atoms with Crippen LogP contribution in [-0.2, 0) is 11.8 Å². The predicted octanol–water partition coefficient (Wildman–Crippen LogP) is 2.47. The Labute approximate surface area is 127 Å². The van der Waals surface area contributed by atoms with Gasteiger partial charge in [0.1, 0.15) is 0 Å². The Hall–Kier alpha value is -1.97. The van der Waals surface area contributed by atoms with Crippen molar-refractivity contribution in [3.05, 3.63) is 29.7 Å². The van der Waals surface area contributed by atoms with Crippen LogP contribution in [-0.4, -0.2) is 31.6 Å². The highest BCUT2D eigenvalue weighted by atomic mass is 32.2. The van der Waals surface area contributed by atoms with Gasteiger partial charge in [-0.15, -0.1) is 20.4 Å². The van der Waals surface area contributed by atoms with E-state index in [0.717, 1.165) is 12.3 Å². The molecule has 0 N–H and O–H groups in total. The third kappa shape index (κ3) is 2.96. The quantitative estimate of drug-likeness (QED) is 0.798. The molecule has 0 saturated heterocycles. The summed E-state index contributed by atoms with van der Waals surface area (Å²) in [4.78, 5) is 3.69. The lowest BCUT2D eigenvalue weighted by Gasteiger charge is -2.15. The summed E-state index contributed by atoms with van der Waals surface area (Å²) in [5, 5.41) is 16.1. The van der Waals surface area contributed by atoms with Crippen LogP contribution >= 0.6 is 11.8 Å². The number of thioether (sulfide) groups is 1. The second kappa shape index (κ2) is 5.34. The van der Waals surface area contributed by atoms with Gasteiger partial charge in [0.15, 0.2) is 5.60 Å². The minimum absolute atomic E-state index is 0.0862. The number of aromatic nitrogens is 5. The molecule has 0 atom stereocenters. The van der Waals surface area contributed by atoms with Crippen molar-refractivity contribution in [2.24, 2.45) is 0 Å². The largest absolute Gasteiger partial charge is 0.463 e. The molecule has 116 valence electrons. The number of alkyl halides is 3. The number of nitrogens with zero attached hydrogens (tertiary/aromatic N) is 5. The molecular formula is C12H10F3N5OS. The van der Waals surface area contributed by atoms with E-state index in [-0.39, 0.29) is 5.88 Å². The number of hydrogen-bond donors (Lipinski definition) is 0. The first-order valence-electron chi connectivity index (χ1n) is 6.27. The Morgan fingerprint density at radius 2 is 1.82 bits per heavy atom. The summed E-state index contributed by atoms with van der Waals surface area (Å²) in [7, 11) is 0. The molecule has 0 spiro atoms. The molecule has 0 aromatic carbocycles. The fourth-order valence-corrected chi connectivity index (χ4v) is 2.02. The minimum Gasteiger partial charge on any atom is -0.463 e. The van der Waals surface area contributed by atoms with E-state index in [1.54, 1.807) is 6.26 Å². The van der Waals surface area contributed by atoms with E-state index in [1.807, 2.05) is 0 Å². The molecule has 0 unspecified atom stereocenters. The van der Waals surface area contributed by atoms with Gasteiger partial charge < -0.3 is 4.74 Å². The van der Waals surface area contributed by atoms with Gasteiger partial charge in [0.2, 0.25) is 16.9 Å². The Morgan fingerprint density at radius 1 is 1.14 bits per heavy atom. The normalized spacial score (nSPS) is 16.4. The van der Waals surface area contributed by atoms with Crippen molar-refractivity contribution >= 4 is 11.8 Å². The van der Waals surface area contributed by atoms with Crippen molar-refractivity contribution in [1.29, 1.82) is 0 Å². The molecule has 1 saturated carbocycles. The summed E-state index contributed by atoms with van der Waals surface area (Å²) in [5.74, 6) is 0.398. The molecule has 1 aliphatic carbocycles. The predicted molar refractivity (Wildman–Crippen MR) is 70.2 cm³/mol. The van der Waals surface area contributed by atoms with Crippen LogP contribution < -0.4 is 4.74 Å². The van der Waals surface area contributed by atoms with Crippen LogP contribution in [0.1, 0.15) is 24.2 Å². The second-order valence-corrected chi connectivity index (χ2v) is 5.46. The van der Waals surface area contributed by atoms with Crippen LogP contribution in [0.25, 0.3) is 0 Å². The summed E-state index contributed by atoms with van der Waals surface area (Å²) in [5.41, 5.74) is -1.61. The maximum atomic E-state index is 12.5. The van der Waals surface area contributed by atoms with E-state index < -0.39 is 17.3 Å². The third-order valence-corrected chi connectivity index (χ3v) is 3.65. The third-order valence-electron chi connectivity index (χ3n) is 3.12. The fraction of sp³-hybridized carbons (Fsp3) is 0.417. The summed E-state index contributed by atoms with van der Waals surface area (Å²) in [6, 6.07) is 2.10. The average Bonchev–Trinajstić information content (AvgIpc) is 3.28. The van der Waals surface area contributed by atoms with Crippen LogP contribution in [0.4, 0.5) is 13.2 Å². The smallest absolute Gasteiger partial charge is 0.417 e. The molecule has 0 aliphatic heterocycles. The molecule has 2 aromatic heterocycles. The lowest BCUT2D eigenvalue weighted by molar-refractivity contribution is -0.137. The van der Waals surface area contributed by atoms with Gasteiger partial charge in [0.05, 0.1) is 5.56 Å². The molecule has 0 amide bonds. The molecular weight excluding hydrogens is 319 g/mol. The number of rotatable bonds is 4. The maximum absolute atomic E-state index is 12.5. The van der Waals surface area contributed by atoms with Gasteiger partial charge in [0, 0.05) is 12.3 Å². The highest BCUT2D eigenvalue weighted by Gasteiger charge is 2.51. The van der Waals surface area contributed by atoms with Gasteiger partial charge in [-0.1, -0.05) is 11.8 Å². The van der Waals surface area contributed by atoms with Crippen molar-refractivity contribution in [3.63, 3.8) is 0 Å². The van der Waals surface area contributed by atoms with Crippen molar-refractivity contribution in [2.75, 3.05) is 6.26 Å². The highest BCUT2D eigenvalue weighted by molar-refractivity contribution is 7.98. The zero-order chi connectivity index (χ0) is 15.8. The van der Waals surface area contributed by atoms with Crippen LogP contribution in [0.5, 0.6) is 5.88 Å².